The summed E-state index contributed by atoms with van der Waals surface area (Å²) in [4.78, 5) is 41.8. The van der Waals surface area contributed by atoms with Crippen molar-refractivity contribution in [1.29, 1.82) is 0 Å². The van der Waals surface area contributed by atoms with E-state index in [-0.39, 0.29) is 46.9 Å². The molecule has 34 heavy (non-hydrogen) atoms. The molecule has 0 saturated heterocycles. The van der Waals surface area contributed by atoms with E-state index >= 15 is 0 Å². The number of amides is 1. The van der Waals surface area contributed by atoms with E-state index in [0.29, 0.717) is 22.3 Å². The number of rotatable bonds is 11. The number of hydrogen-bond donors (Lipinski definition) is 2. The first-order valence-corrected chi connectivity index (χ1v) is 12.2. The van der Waals surface area contributed by atoms with Gasteiger partial charge >= 0.3 is 11.9 Å². The standard InChI is InChI=1S/C22H24N4O6S2/c1-4-30-20(28)17-13(3)18(21(29)31-5-2)34-19(17)24-16(27)12-33-22-23-15(25-26-22)11-32-14-9-7-6-8-10-14/h6-10H,4-5,11-12H2,1-3H3,(H,24,27)(H,23,25,26). The zero-order chi connectivity index (χ0) is 24.5. The number of para-hydroxylation sites is 1. The summed E-state index contributed by atoms with van der Waals surface area (Å²) in [6, 6.07) is 9.30. The second-order valence-electron chi connectivity index (χ2n) is 6.70. The number of nitrogens with zero attached hydrogens (tertiary/aromatic N) is 2. The molecule has 0 saturated carbocycles. The van der Waals surface area contributed by atoms with Gasteiger partial charge in [0.1, 0.15) is 22.2 Å². The third-order valence-electron chi connectivity index (χ3n) is 4.30. The highest BCUT2D eigenvalue weighted by molar-refractivity contribution is 7.99. The minimum absolute atomic E-state index is 0.00914. The number of esters is 2. The van der Waals surface area contributed by atoms with Crippen LogP contribution >= 0.6 is 23.1 Å². The maximum atomic E-state index is 12.6. The van der Waals surface area contributed by atoms with Crippen molar-refractivity contribution in [3.8, 4) is 5.75 Å². The predicted octanol–water partition coefficient (Wildman–Crippen LogP) is 3.84. The Morgan fingerprint density at radius 1 is 1.09 bits per heavy atom. The van der Waals surface area contributed by atoms with Crippen LogP contribution < -0.4 is 10.1 Å². The number of hydrogen-bond acceptors (Lipinski definition) is 10. The summed E-state index contributed by atoms with van der Waals surface area (Å²) in [7, 11) is 0. The third-order valence-corrected chi connectivity index (χ3v) is 6.34. The highest BCUT2D eigenvalue weighted by atomic mass is 32.2. The summed E-state index contributed by atoms with van der Waals surface area (Å²) in [5.74, 6) is -0.352. The smallest absolute Gasteiger partial charge is 0.348 e. The van der Waals surface area contributed by atoms with E-state index in [4.69, 9.17) is 14.2 Å². The first kappa shape index (κ1) is 25.2. The van der Waals surface area contributed by atoms with Crippen LogP contribution in [-0.4, -0.2) is 52.0 Å². The van der Waals surface area contributed by atoms with Crippen LogP contribution in [0, 0.1) is 6.92 Å². The molecule has 1 aromatic carbocycles. The van der Waals surface area contributed by atoms with Crippen molar-refractivity contribution < 1.29 is 28.6 Å². The number of anilines is 1. The summed E-state index contributed by atoms with van der Waals surface area (Å²) in [6.07, 6.45) is 0. The van der Waals surface area contributed by atoms with Crippen LogP contribution in [0.25, 0.3) is 0 Å². The summed E-state index contributed by atoms with van der Waals surface area (Å²) in [5, 5.41) is 10.1. The zero-order valence-corrected chi connectivity index (χ0v) is 20.5. The molecule has 10 nitrogen and oxygen atoms in total. The molecule has 0 aliphatic carbocycles. The Morgan fingerprint density at radius 2 is 1.79 bits per heavy atom. The van der Waals surface area contributed by atoms with Gasteiger partial charge in [0.2, 0.25) is 11.1 Å². The Balaban J connectivity index is 1.62. The lowest BCUT2D eigenvalue weighted by atomic mass is 10.1. The molecule has 0 aliphatic heterocycles. The number of thiophene rings is 1. The maximum absolute atomic E-state index is 12.6. The van der Waals surface area contributed by atoms with Crippen molar-refractivity contribution in [3.63, 3.8) is 0 Å². The van der Waals surface area contributed by atoms with Gasteiger partial charge in [-0.2, -0.15) is 0 Å². The first-order valence-electron chi connectivity index (χ1n) is 10.4. The average molecular weight is 505 g/mol. The number of benzene rings is 1. The largest absolute Gasteiger partial charge is 0.486 e. The van der Waals surface area contributed by atoms with Gasteiger partial charge in [0.15, 0.2) is 5.82 Å². The molecule has 2 heterocycles. The van der Waals surface area contributed by atoms with Crippen molar-refractivity contribution in [2.24, 2.45) is 0 Å². The molecule has 12 heteroatoms. The summed E-state index contributed by atoms with van der Waals surface area (Å²) in [6.45, 7) is 5.54. The Kier molecular flexibility index (Phi) is 9.05. The number of aromatic nitrogens is 3. The third kappa shape index (κ3) is 6.58. The Hall–Kier alpha value is -3.38. The fourth-order valence-corrected chi connectivity index (χ4v) is 4.53. The normalized spacial score (nSPS) is 10.6. The maximum Gasteiger partial charge on any atom is 0.348 e. The minimum Gasteiger partial charge on any atom is -0.486 e. The van der Waals surface area contributed by atoms with Crippen molar-refractivity contribution in [3.05, 3.63) is 52.2 Å². The van der Waals surface area contributed by atoms with E-state index in [1.165, 1.54) is 0 Å². The van der Waals surface area contributed by atoms with Gasteiger partial charge in [-0.05, 0) is 38.5 Å². The van der Waals surface area contributed by atoms with E-state index in [1.54, 1.807) is 20.8 Å². The second kappa shape index (κ2) is 12.2. The molecular weight excluding hydrogens is 480 g/mol. The number of H-pyrrole nitrogens is 1. The molecular formula is C22H24N4O6S2. The van der Waals surface area contributed by atoms with Gasteiger partial charge in [0.25, 0.3) is 0 Å². The number of carbonyl (C=O) groups excluding carboxylic acids is 3. The van der Waals surface area contributed by atoms with E-state index in [2.05, 4.69) is 20.5 Å². The molecule has 1 amide bonds. The SMILES string of the molecule is CCOC(=O)c1sc(NC(=O)CSc2n[nH]c(COc3ccccc3)n2)c(C(=O)OCC)c1C. The summed E-state index contributed by atoms with van der Waals surface area (Å²) < 4.78 is 15.8. The van der Waals surface area contributed by atoms with Gasteiger partial charge in [-0.1, -0.05) is 30.0 Å². The van der Waals surface area contributed by atoms with Crippen molar-refractivity contribution in [2.45, 2.75) is 32.5 Å². The molecule has 0 unspecified atom stereocenters. The van der Waals surface area contributed by atoms with Gasteiger partial charge < -0.3 is 19.5 Å². The van der Waals surface area contributed by atoms with Gasteiger partial charge in [-0.15, -0.1) is 16.4 Å². The molecule has 180 valence electrons. The monoisotopic (exact) mass is 504 g/mol. The number of carbonyl (C=O) groups is 3. The topological polar surface area (TPSA) is 132 Å². The Labute approximate surface area is 204 Å². The van der Waals surface area contributed by atoms with Crippen molar-refractivity contribution >= 4 is 45.9 Å². The quantitative estimate of drug-likeness (QED) is 0.295. The zero-order valence-electron chi connectivity index (χ0n) is 18.9. The molecule has 2 N–H and O–H groups in total. The van der Waals surface area contributed by atoms with Gasteiger partial charge in [0.05, 0.1) is 24.5 Å². The second-order valence-corrected chi connectivity index (χ2v) is 8.67. The highest BCUT2D eigenvalue weighted by Crippen LogP contribution is 2.34. The fourth-order valence-electron chi connectivity index (χ4n) is 2.81. The predicted molar refractivity (Wildman–Crippen MR) is 127 cm³/mol. The van der Waals surface area contributed by atoms with E-state index < -0.39 is 11.9 Å². The van der Waals surface area contributed by atoms with Crippen LogP contribution in [0.5, 0.6) is 5.75 Å². The number of ether oxygens (including phenoxy) is 3. The highest BCUT2D eigenvalue weighted by Gasteiger charge is 2.27. The molecule has 0 fully saturated rings. The molecule has 0 spiro atoms. The Morgan fingerprint density at radius 3 is 2.50 bits per heavy atom. The number of thioether (sulfide) groups is 1. The summed E-state index contributed by atoms with van der Waals surface area (Å²) >= 11 is 2.09. The van der Waals surface area contributed by atoms with Gasteiger partial charge in [0, 0.05) is 0 Å². The van der Waals surface area contributed by atoms with E-state index in [1.807, 2.05) is 30.3 Å². The van der Waals surface area contributed by atoms with Crippen LogP contribution in [0.4, 0.5) is 5.00 Å². The van der Waals surface area contributed by atoms with E-state index in [9.17, 15) is 14.4 Å². The lowest BCUT2D eigenvalue weighted by molar-refractivity contribution is -0.113. The Bertz CT molecular complexity index is 1150. The lowest BCUT2D eigenvalue weighted by Gasteiger charge is -2.06. The lowest BCUT2D eigenvalue weighted by Crippen LogP contribution is -2.16. The molecule has 0 atom stereocenters. The molecule has 0 aliphatic rings. The van der Waals surface area contributed by atoms with Crippen LogP contribution in [0.15, 0.2) is 35.5 Å². The van der Waals surface area contributed by atoms with Crippen molar-refractivity contribution in [1.82, 2.24) is 15.2 Å². The molecule has 3 aromatic rings. The van der Waals surface area contributed by atoms with Gasteiger partial charge in [-0.25, -0.2) is 14.6 Å². The average Bonchev–Trinajstić information content (AvgIpc) is 3.41. The van der Waals surface area contributed by atoms with Crippen LogP contribution in [0.1, 0.15) is 45.3 Å². The molecule has 2 aromatic heterocycles. The number of nitrogens with one attached hydrogen (secondary N) is 2. The molecule has 0 radical (unpaired) electrons. The minimum atomic E-state index is -0.619. The summed E-state index contributed by atoms with van der Waals surface area (Å²) in [5.41, 5.74) is 0.549. The van der Waals surface area contributed by atoms with Crippen LogP contribution in [0.2, 0.25) is 0 Å². The molecule has 0 bridgehead atoms. The number of aromatic amines is 1. The van der Waals surface area contributed by atoms with E-state index in [0.717, 1.165) is 23.1 Å². The fraction of sp³-hybridized carbons (Fsp3) is 0.318. The van der Waals surface area contributed by atoms with Crippen LogP contribution in [0.3, 0.4) is 0 Å². The van der Waals surface area contributed by atoms with Crippen LogP contribution in [-0.2, 0) is 20.9 Å². The first-order chi connectivity index (χ1) is 16.4. The van der Waals surface area contributed by atoms with Gasteiger partial charge in [-0.3, -0.25) is 9.89 Å². The van der Waals surface area contributed by atoms with Crippen molar-refractivity contribution in [2.75, 3.05) is 24.3 Å². The molecule has 3 rings (SSSR count).